The number of nitrogens with one attached hydrogen (secondary N) is 2. The van der Waals surface area contributed by atoms with E-state index in [1.165, 1.54) is 12.3 Å². The van der Waals surface area contributed by atoms with E-state index in [1.54, 1.807) is 18.2 Å². The highest BCUT2D eigenvalue weighted by Gasteiger charge is 2.33. The van der Waals surface area contributed by atoms with Crippen molar-refractivity contribution >= 4 is 18.3 Å². The van der Waals surface area contributed by atoms with Crippen molar-refractivity contribution in [3.05, 3.63) is 47.8 Å². The number of hydrogen-bond acceptors (Lipinski definition) is 3. The Morgan fingerprint density at radius 2 is 2.12 bits per heavy atom. The summed E-state index contributed by atoms with van der Waals surface area (Å²) >= 11 is 0. The SMILES string of the molecule is CC1CCNCC1NC(=O)c1cccc(-n2ccc(C(F)(F)F)n2)c1.Cl. The first-order valence-corrected chi connectivity index (χ1v) is 8.09. The van der Waals surface area contributed by atoms with Crippen molar-refractivity contribution in [1.82, 2.24) is 20.4 Å². The van der Waals surface area contributed by atoms with Crippen LogP contribution >= 0.6 is 12.4 Å². The van der Waals surface area contributed by atoms with Crippen LogP contribution in [0.5, 0.6) is 0 Å². The third-order valence-corrected chi connectivity index (χ3v) is 4.40. The van der Waals surface area contributed by atoms with Gasteiger partial charge in [-0.25, -0.2) is 4.68 Å². The van der Waals surface area contributed by atoms with Gasteiger partial charge in [-0.3, -0.25) is 4.79 Å². The van der Waals surface area contributed by atoms with Gasteiger partial charge in [-0.2, -0.15) is 18.3 Å². The number of piperidine rings is 1. The van der Waals surface area contributed by atoms with Crippen molar-refractivity contribution in [2.75, 3.05) is 13.1 Å². The number of halogens is 4. The number of carbonyl (C=O) groups excluding carboxylic acids is 1. The predicted octanol–water partition coefficient (Wildman–Crippen LogP) is 3.04. The first-order valence-electron chi connectivity index (χ1n) is 8.09. The highest BCUT2D eigenvalue weighted by atomic mass is 35.5. The largest absolute Gasteiger partial charge is 0.435 e. The summed E-state index contributed by atoms with van der Waals surface area (Å²) in [4.78, 5) is 12.5. The summed E-state index contributed by atoms with van der Waals surface area (Å²) in [6, 6.07) is 7.34. The van der Waals surface area contributed by atoms with E-state index in [4.69, 9.17) is 0 Å². The highest BCUT2D eigenvalue weighted by Crippen LogP contribution is 2.28. The molecule has 5 nitrogen and oxygen atoms in total. The highest BCUT2D eigenvalue weighted by molar-refractivity contribution is 5.95. The molecular formula is C17H20ClF3N4O. The smallest absolute Gasteiger partial charge is 0.348 e. The number of nitrogens with zero attached hydrogens (tertiary/aromatic N) is 2. The average molecular weight is 389 g/mol. The zero-order valence-corrected chi connectivity index (χ0v) is 14.9. The molecule has 0 spiro atoms. The summed E-state index contributed by atoms with van der Waals surface area (Å²) in [5.74, 6) is 0.124. The molecule has 0 radical (unpaired) electrons. The molecule has 2 heterocycles. The van der Waals surface area contributed by atoms with Crippen LogP contribution in [-0.4, -0.2) is 34.8 Å². The van der Waals surface area contributed by atoms with Crippen molar-refractivity contribution in [3.63, 3.8) is 0 Å². The molecule has 9 heteroatoms. The fourth-order valence-corrected chi connectivity index (χ4v) is 2.84. The van der Waals surface area contributed by atoms with Gasteiger partial charge >= 0.3 is 6.18 Å². The third kappa shape index (κ3) is 4.56. The van der Waals surface area contributed by atoms with Gasteiger partial charge in [-0.05, 0) is 43.1 Å². The van der Waals surface area contributed by atoms with Crippen LogP contribution in [0.25, 0.3) is 5.69 Å². The second-order valence-corrected chi connectivity index (χ2v) is 6.24. The third-order valence-electron chi connectivity index (χ3n) is 4.40. The molecule has 1 aromatic carbocycles. The van der Waals surface area contributed by atoms with Crippen LogP contribution < -0.4 is 10.6 Å². The summed E-state index contributed by atoms with van der Waals surface area (Å²) in [6.07, 6.45) is -2.28. The number of amides is 1. The van der Waals surface area contributed by atoms with Crippen LogP contribution in [0, 0.1) is 5.92 Å². The molecule has 2 atom stereocenters. The summed E-state index contributed by atoms with van der Waals surface area (Å²) in [5, 5.41) is 9.75. The van der Waals surface area contributed by atoms with Crippen LogP contribution in [0.2, 0.25) is 0 Å². The lowest BCUT2D eigenvalue weighted by Crippen LogP contribution is -2.50. The van der Waals surface area contributed by atoms with Gasteiger partial charge in [-0.15, -0.1) is 12.4 Å². The Bertz CT molecular complexity index is 762. The van der Waals surface area contributed by atoms with Gasteiger partial charge in [0, 0.05) is 24.3 Å². The van der Waals surface area contributed by atoms with E-state index in [2.05, 4.69) is 22.7 Å². The summed E-state index contributed by atoms with van der Waals surface area (Å²) < 4.78 is 39.1. The Hall–Kier alpha value is -2.06. The second kappa shape index (κ2) is 8.09. The van der Waals surface area contributed by atoms with E-state index in [9.17, 15) is 18.0 Å². The van der Waals surface area contributed by atoms with Gasteiger partial charge in [0.25, 0.3) is 5.91 Å². The topological polar surface area (TPSA) is 58.9 Å². The normalized spacial score (nSPS) is 20.3. The first kappa shape index (κ1) is 20.3. The van der Waals surface area contributed by atoms with Gasteiger partial charge in [0.15, 0.2) is 5.69 Å². The van der Waals surface area contributed by atoms with Gasteiger partial charge in [-0.1, -0.05) is 13.0 Å². The zero-order valence-electron chi connectivity index (χ0n) is 14.1. The first-order chi connectivity index (χ1) is 11.8. The van der Waals surface area contributed by atoms with Crippen molar-refractivity contribution < 1.29 is 18.0 Å². The minimum atomic E-state index is -4.50. The molecule has 1 amide bonds. The van der Waals surface area contributed by atoms with E-state index in [0.29, 0.717) is 23.7 Å². The average Bonchev–Trinajstić information content (AvgIpc) is 3.07. The molecule has 1 aliphatic heterocycles. The van der Waals surface area contributed by atoms with Crippen LogP contribution in [0.15, 0.2) is 36.5 Å². The minimum Gasteiger partial charge on any atom is -0.348 e. The molecule has 2 aromatic rings. The van der Waals surface area contributed by atoms with Crippen molar-refractivity contribution in [1.29, 1.82) is 0 Å². The van der Waals surface area contributed by atoms with Gasteiger partial charge in [0.05, 0.1) is 5.69 Å². The van der Waals surface area contributed by atoms with Crippen LogP contribution in [0.4, 0.5) is 13.2 Å². The quantitative estimate of drug-likeness (QED) is 0.849. The number of rotatable bonds is 3. The van der Waals surface area contributed by atoms with E-state index in [1.807, 2.05) is 0 Å². The molecule has 0 saturated carbocycles. The lowest BCUT2D eigenvalue weighted by atomic mass is 9.94. The molecule has 2 unspecified atom stereocenters. The summed E-state index contributed by atoms with van der Waals surface area (Å²) in [7, 11) is 0. The van der Waals surface area contributed by atoms with Crippen LogP contribution in [-0.2, 0) is 6.18 Å². The van der Waals surface area contributed by atoms with Crippen LogP contribution in [0.1, 0.15) is 29.4 Å². The molecule has 1 fully saturated rings. The molecular weight excluding hydrogens is 369 g/mol. The standard InChI is InChI=1S/C17H19F3N4O.ClH/c1-11-5-7-21-10-14(11)22-16(25)12-3-2-4-13(9-12)24-8-6-15(23-24)17(18,19)20;/h2-4,6,8-9,11,14,21H,5,7,10H2,1H3,(H,22,25);1H. The Morgan fingerprint density at radius 1 is 1.35 bits per heavy atom. The number of benzene rings is 1. The maximum atomic E-state index is 12.7. The maximum Gasteiger partial charge on any atom is 0.435 e. The van der Waals surface area contributed by atoms with E-state index >= 15 is 0 Å². The second-order valence-electron chi connectivity index (χ2n) is 6.24. The summed E-state index contributed by atoms with van der Waals surface area (Å²) in [6.45, 7) is 3.73. The zero-order chi connectivity index (χ0) is 18.0. The predicted molar refractivity (Wildman–Crippen MR) is 93.7 cm³/mol. The Balaban J connectivity index is 0.00000243. The molecule has 142 valence electrons. The molecule has 0 bridgehead atoms. The lowest BCUT2D eigenvalue weighted by molar-refractivity contribution is -0.141. The summed E-state index contributed by atoms with van der Waals surface area (Å²) in [5.41, 5.74) is -0.179. The van der Waals surface area contributed by atoms with Crippen molar-refractivity contribution in [2.45, 2.75) is 25.6 Å². The fourth-order valence-electron chi connectivity index (χ4n) is 2.84. The minimum absolute atomic E-state index is 0. The lowest BCUT2D eigenvalue weighted by Gasteiger charge is -2.30. The molecule has 1 aromatic heterocycles. The Morgan fingerprint density at radius 3 is 2.77 bits per heavy atom. The molecule has 1 saturated heterocycles. The van der Waals surface area contributed by atoms with Crippen molar-refractivity contribution in [2.24, 2.45) is 5.92 Å². The Kier molecular flexibility index (Phi) is 6.30. The monoisotopic (exact) mass is 388 g/mol. The van der Waals surface area contributed by atoms with E-state index < -0.39 is 11.9 Å². The molecule has 3 rings (SSSR count). The molecule has 2 N–H and O–H groups in total. The van der Waals surface area contributed by atoms with Crippen LogP contribution in [0.3, 0.4) is 0 Å². The van der Waals surface area contributed by atoms with Crippen molar-refractivity contribution in [3.8, 4) is 5.69 Å². The van der Waals surface area contributed by atoms with Gasteiger partial charge in [0.1, 0.15) is 0 Å². The number of carbonyl (C=O) groups is 1. The number of alkyl halides is 3. The van der Waals surface area contributed by atoms with Gasteiger partial charge < -0.3 is 10.6 Å². The molecule has 1 aliphatic rings. The molecule has 0 aliphatic carbocycles. The molecule has 26 heavy (non-hydrogen) atoms. The number of hydrogen-bond donors (Lipinski definition) is 2. The Labute approximate surface area is 155 Å². The number of aromatic nitrogens is 2. The van der Waals surface area contributed by atoms with E-state index in [0.717, 1.165) is 23.7 Å². The fraction of sp³-hybridized carbons (Fsp3) is 0.412. The maximum absolute atomic E-state index is 12.7. The van der Waals surface area contributed by atoms with Gasteiger partial charge in [0.2, 0.25) is 0 Å². The van der Waals surface area contributed by atoms with E-state index in [-0.39, 0.29) is 24.4 Å².